The fourth-order valence-corrected chi connectivity index (χ4v) is 7.57. The lowest BCUT2D eigenvalue weighted by Crippen LogP contribution is -2.56. The zero-order valence-electron chi connectivity index (χ0n) is 23.2. The normalized spacial score (nSPS) is 17.5. The maximum absolute atomic E-state index is 14.4. The van der Waals surface area contributed by atoms with E-state index in [0.29, 0.717) is 5.82 Å². The van der Waals surface area contributed by atoms with Crippen LogP contribution in [0.3, 0.4) is 0 Å². The van der Waals surface area contributed by atoms with E-state index in [9.17, 15) is 8.42 Å². The molecule has 40 heavy (non-hydrogen) atoms. The number of fused-ring (bicyclic) bond motifs is 1. The summed E-state index contributed by atoms with van der Waals surface area (Å²) in [6.45, 7) is 8.39. The number of aryl methyl sites for hydroxylation is 4. The summed E-state index contributed by atoms with van der Waals surface area (Å²) in [6.07, 6.45) is 2.03. The molecule has 0 N–H and O–H groups in total. The molecule has 5 aromatic rings. The first kappa shape index (κ1) is 26.2. The summed E-state index contributed by atoms with van der Waals surface area (Å²) in [5.41, 5.74) is 7.42. The number of benzene rings is 4. The Balaban J connectivity index is 1.60. The molecular weight excluding hydrogens is 516 g/mol. The van der Waals surface area contributed by atoms with E-state index in [1.165, 1.54) is 5.56 Å². The summed E-state index contributed by atoms with van der Waals surface area (Å²) in [4.78, 5) is 0.281. The standard InChI is InChI=1S/C33H33N4O2S/c1-23-15-17-29(18-16-23)40(38,39)37-21-30-34-36(31-25(3)19-24(2)20-26(31)4)22-35(30)32(27-11-7-5-8-12-27)33(37)28-13-9-6-10-14-28/h5-20,22,32-33H,21H2,1-4H3/q+1/t32-,33-/m1/s1. The molecule has 0 radical (unpaired) electrons. The van der Waals surface area contributed by atoms with Crippen LogP contribution in [0.15, 0.2) is 108 Å². The van der Waals surface area contributed by atoms with Crippen LogP contribution in [0.4, 0.5) is 0 Å². The number of aromatic nitrogens is 3. The van der Waals surface area contributed by atoms with Crippen LogP contribution in [0.25, 0.3) is 5.69 Å². The zero-order valence-corrected chi connectivity index (χ0v) is 24.0. The van der Waals surface area contributed by atoms with E-state index < -0.39 is 16.1 Å². The second-order valence-corrected chi connectivity index (χ2v) is 12.6. The van der Waals surface area contributed by atoms with Crippen molar-refractivity contribution in [3.05, 3.63) is 143 Å². The van der Waals surface area contributed by atoms with Crippen molar-refractivity contribution in [1.29, 1.82) is 0 Å². The number of hydrogen-bond donors (Lipinski definition) is 0. The van der Waals surface area contributed by atoms with Crippen molar-refractivity contribution in [3.8, 4) is 5.69 Å². The van der Waals surface area contributed by atoms with Crippen molar-refractivity contribution in [3.63, 3.8) is 0 Å². The molecule has 0 fully saturated rings. The van der Waals surface area contributed by atoms with E-state index in [2.05, 4.69) is 49.6 Å². The van der Waals surface area contributed by atoms with Crippen molar-refractivity contribution in [2.45, 2.75) is 51.2 Å². The van der Waals surface area contributed by atoms with Crippen LogP contribution in [0.5, 0.6) is 0 Å². The Bertz CT molecular complexity index is 1760. The van der Waals surface area contributed by atoms with Gasteiger partial charge in [-0.25, -0.2) is 13.0 Å². The molecule has 0 saturated carbocycles. The van der Waals surface area contributed by atoms with Gasteiger partial charge in [0.15, 0.2) is 0 Å². The zero-order chi connectivity index (χ0) is 28.0. The van der Waals surface area contributed by atoms with Gasteiger partial charge in [-0.3, -0.25) is 0 Å². The highest BCUT2D eigenvalue weighted by Crippen LogP contribution is 2.41. The summed E-state index contributed by atoms with van der Waals surface area (Å²) < 4.78 is 34.5. The average Bonchev–Trinajstić information content (AvgIpc) is 3.36. The number of nitrogens with zero attached hydrogens (tertiary/aromatic N) is 4. The Hall–Kier alpha value is -4.07. The molecule has 7 heteroatoms. The smallest absolute Gasteiger partial charge is 0.224 e. The number of hydrogen-bond acceptors (Lipinski definition) is 3. The van der Waals surface area contributed by atoms with Gasteiger partial charge in [0.05, 0.1) is 10.9 Å². The third kappa shape index (κ3) is 4.55. The van der Waals surface area contributed by atoms with Crippen molar-refractivity contribution in [1.82, 2.24) is 14.1 Å². The summed E-state index contributed by atoms with van der Waals surface area (Å²) in [6, 6.07) is 30.7. The van der Waals surface area contributed by atoms with E-state index in [4.69, 9.17) is 5.10 Å². The van der Waals surface area contributed by atoms with Gasteiger partial charge in [0.2, 0.25) is 16.4 Å². The first-order chi connectivity index (χ1) is 19.2. The number of rotatable bonds is 5. The predicted molar refractivity (Wildman–Crippen MR) is 156 cm³/mol. The van der Waals surface area contributed by atoms with Crippen LogP contribution in [0, 0.1) is 27.7 Å². The van der Waals surface area contributed by atoms with Crippen LogP contribution in [-0.4, -0.2) is 22.5 Å². The molecule has 1 aromatic heterocycles. The third-order valence-electron chi connectivity index (χ3n) is 7.74. The van der Waals surface area contributed by atoms with Crippen LogP contribution in [-0.2, 0) is 16.6 Å². The van der Waals surface area contributed by atoms with Gasteiger partial charge in [-0.05, 0) is 62.1 Å². The van der Waals surface area contributed by atoms with Crippen molar-refractivity contribution in [2.75, 3.05) is 0 Å². The lowest BCUT2D eigenvalue weighted by molar-refractivity contribution is -0.734. The minimum absolute atomic E-state index is 0.149. The molecule has 2 heterocycles. The van der Waals surface area contributed by atoms with Crippen molar-refractivity contribution in [2.24, 2.45) is 0 Å². The first-order valence-corrected chi connectivity index (χ1v) is 14.9. The second kappa shape index (κ2) is 10.2. The lowest BCUT2D eigenvalue weighted by atomic mass is 9.91. The topological polar surface area (TPSA) is 59.1 Å². The predicted octanol–water partition coefficient (Wildman–Crippen LogP) is 5.93. The fourth-order valence-electron chi connectivity index (χ4n) is 5.99. The molecule has 0 unspecified atom stereocenters. The summed E-state index contributed by atoms with van der Waals surface area (Å²) in [7, 11) is -3.87. The van der Waals surface area contributed by atoms with Gasteiger partial charge in [-0.1, -0.05) is 101 Å². The van der Waals surface area contributed by atoms with Crippen LogP contribution in [0.1, 0.15) is 51.3 Å². The Kier molecular flexibility index (Phi) is 6.64. The Morgan fingerprint density at radius 2 is 1.32 bits per heavy atom. The molecule has 0 amide bonds. The highest BCUT2D eigenvalue weighted by Gasteiger charge is 2.48. The highest BCUT2D eigenvalue weighted by atomic mass is 32.2. The molecule has 202 valence electrons. The largest absolute Gasteiger partial charge is 0.293 e. The minimum Gasteiger partial charge on any atom is -0.224 e. The average molecular weight is 550 g/mol. The Labute approximate surface area is 236 Å². The number of sulfonamides is 1. The van der Waals surface area contributed by atoms with E-state index in [-0.39, 0.29) is 17.5 Å². The summed E-state index contributed by atoms with van der Waals surface area (Å²) >= 11 is 0. The minimum atomic E-state index is -3.87. The molecule has 0 bridgehead atoms. The highest BCUT2D eigenvalue weighted by molar-refractivity contribution is 7.89. The SMILES string of the molecule is Cc1ccc(S(=O)(=O)N2Cc3nn(-c4c(C)cc(C)cc4C)c[n+]3[C@H](c3ccccc3)[C@H]2c2ccccc2)cc1. The fraction of sp³-hybridized carbons (Fsp3) is 0.212. The summed E-state index contributed by atoms with van der Waals surface area (Å²) in [5, 5.41) is 5.02. The molecule has 1 aliphatic heterocycles. The molecular formula is C33H33N4O2S+. The van der Waals surface area contributed by atoms with Crippen LogP contribution in [0.2, 0.25) is 0 Å². The van der Waals surface area contributed by atoms with E-state index in [0.717, 1.165) is 33.5 Å². The maximum atomic E-state index is 14.4. The van der Waals surface area contributed by atoms with Crippen LogP contribution >= 0.6 is 0 Å². The second-order valence-electron chi connectivity index (χ2n) is 10.7. The van der Waals surface area contributed by atoms with Gasteiger partial charge in [0, 0.05) is 5.10 Å². The van der Waals surface area contributed by atoms with Crippen molar-refractivity contribution < 1.29 is 13.0 Å². The van der Waals surface area contributed by atoms with E-state index in [1.807, 2.05) is 78.6 Å². The first-order valence-electron chi connectivity index (χ1n) is 13.5. The molecule has 6 rings (SSSR count). The Morgan fingerprint density at radius 3 is 1.93 bits per heavy atom. The molecule has 4 aromatic carbocycles. The van der Waals surface area contributed by atoms with Gasteiger partial charge in [-0.15, -0.1) is 0 Å². The van der Waals surface area contributed by atoms with Gasteiger partial charge >= 0.3 is 0 Å². The van der Waals surface area contributed by atoms with Gasteiger partial charge in [0.1, 0.15) is 18.3 Å². The molecule has 6 nitrogen and oxygen atoms in total. The van der Waals surface area contributed by atoms with Gasteiger partial charge in [-0.2, -0.15) is 4.31 Å². The third-order valence-corrected chi connectivity index (χ3v) is 9.58. The molecule has 0 aliphatic carbocycles. The molecule has 0 spiro atoms. The monoisotopic (exact) mass is 549 g/mol. The van der Waals surface area contributed by atoms with Crippen molar-refractivity contribution >= 4 is 10.0 Å². The Morgan fingerprint density at radius 1 is 0.750 bits per heavy atom. The van der Waals surface area contributed by atoms with Crippen LogP contribution < -0.4 is 4.57 Å². The molecule has 2 atom stereocenters. The summed E-state index contributed by atoms with van der Waals surface area (Å²) in [5.74, 6) is 0.691. The maximum Gasteiger partial charge on any atom is 0.293 e. The lowest BCUT2D eigenvalue weighted by Gasteiger charge is -2.38. The quantitative estimate of drug-likeness (QED) is 0.256. The van der Waals surface area contributed by atoms with Gasteiger partial charge in [0.25, 0.3) is 5.82 Å². The van der Waals surface area contributed by atoms with E-state index in [1.54, 1.807) is 16.4 Å². The molecule has 0 saturated heterocycles. The molecule has 1 aliphatic rings. The van der Waals surface area contributed by atoms with Gasteiger partial charge < -0.3 is 0 Å². The van der Waals surface area contributed by atoms with E-state index >= 15 is 0 Å².